The molecule has 148 valence electrons. The molecule has 0 unspecified atom stereocenters. The molecule has 9 heteroatoms. The molecule has 0 N–H and O–H groups in total. The summed E-state index contributed by atoms with van der Waals surface area (Å²) < 4.78 is 18.1. The van der Waals surface area contributed by atoms with E-state index in [0.29, 0.717) is 43.2 Å². The van der Waals surface area contributed by atoms with Gasteiger partial charge in [-0.15, -0.1) is 10.2 Å². The minimum Gasteiger partial charge on any atom is -0.493 e. The first-order chi connectivity index (χ1) is 14.1. The number of aromatic nitrogens is 3. The fourth-order valence-electron chi connectivity index (χ4n) is 3.02. The van der Waals surface area contributed by atoms with Gasteiger partial charge in [0.2, 0.25) is 10.7 Å². The van der Waals surface area contributed by atoms with Crippen LogP contribution in [0.2, 0.25) is 5.02 Å². The monoisotopic (exact) mass is 429 g/mol. The maximum atomic E-state index is 13.1. The highest BCUT2D eigenvalue weighted by Crippen LogP contribution is 2.38. The molecule has 0 amide bonds. The predicted molar refractivity (Wildman–Crippen MR) is 112 cm³/mol. The lowest BCUT2D eigenvalue weighted by Gasteiger charge is -2.12. The van der Waals surface area contributed by atoms with Crippen LogP contribution in [0.25, 0.3) is 22.4 Å². The number of thiazole rings is 1. The largest absolute Gasteiger partial charge is 0.493 e. The normalized spacial score (nSPS) is 11.8. The summed E-state index contributed by atoms with van der Waals surface area (Å²) in [7, 11) is 4.62. The van der Waals surface area contributed by atoms with E-state index in [1.54, 1.807) is 44.6 Å². The predicted octanol–water partition coefficient (Wildman–Crippen LogP) is 3.04. The molecule has 7 nitrogen and oxygen atoms in total. The number of benzene rings is 2. The van der Waals surface area contributed by atoms with E-state index < -0.39 is 0 Å². The van der Waals surface area contributed by atoms with E-state index in [4.69, 9.17) is 25.8 Å². The number of methoxy groups -OCH3 is 3. The van der Waals surface area contributed by atoms with Crippen molar-refractivity contribution in [2.75, 3.05) is 21.3 Å². The molecule has 0 atom stereocenters. The van der Waals surface area contributed by atoms with Crippen molar-refractivity contribution in [2.24, 2.45) is 0 Å². The zero-order valence-electron chi connectivity index (χ0n) is 15.8. The highest BCUT2D eigenvalue weighted by Gasteiger charge is 2.17. The summed E-state index contributed by atoms with van der Waals surface area (Å²) in [5.41, 5.74) is 1.16. The van der Waals surface area contributed by atoms with Crippen LogP contribution in [-0.4, -0.2) is 35.9 Å². The third-order valence-corrected chi connectivity index (χ3v) is 5.64. The Balaban J connectivity index is 1.90. The van der Waals surface area contributed by atoms with Crippen molar-refractivity contribution in [3.63, 3.8) is 0 Å². The van der Waals surface area contributed by atoms with Gasteiger partial charge in [0, 0.05) is 5.56 Å². The van der Waals surface area contributed by atoms with Crippen molar-refractivity contribution in [3.8, 4) is 28.6 Å². The van der Waals surface area contributed by atoms with Gasteiger partial charge in [0.1, 0.15) is 0 Å². The first-order valence-electron chi connectivity index (χ1n) is 8.52. The molecule has 4 aromatic rings. The van der Waals surface area contributed by atoms with Crippen molar-refractivity contribution in [1.29, 1.82) is 0 Å². The van der Waals surface area contributed by atoms with Crippen molar-refractivity contribution < 1.29 is 14.2 Å². The SMILES string of the molecule is COc1cc(C=c2sc3nnc(-c4ccccc4Cl)n3c2=O)cc(OC)c1OC. The van der Waals surface area contributed by atoms with Crippen molar-refractivity contribution >= 4 is 34.0 Å². The van der Waals surface area contributed by atoms with E-state index >= 15 is 0 Å². The quantitative estimate of drug-likeness (QED) is 0.485. The third kappa shape index (κ3) is 3.30. The standard InChI is InChI=1S/C20H16ClN3O4S/c1-26-14-8-11(9-15(27-2)17(14)28-3)10-16-19(25)24-18(22-23-20(24)29-16)12-6-4-5-7-13(12)21/h4-10H,1-3H3. The van der Waals surface area contributed by atoms with Gasteiger partial charge >= 0.3 is 0 Å². The third-order valence-electron chi connectivity index (χ3n) is 4.35. The number of hydrogen-bond donors (Lipinski definition) is 0. The molecule has 0 radical (unpaired) electrons. The highest BCUT2D eigenvalue weighted by atomic mass is 35.5. The summed E-state index contributed by atoms with van der Waals surface area (Å²) in [6, 6.07) is 10.8. The number of ether oxygens (including phenoxy) is 3. The second kappa shape index (κ2) is 7.73. The molecular formula is C20H16ClN3O4S. The minimum atomic E-state index is -0.223. The topological polar surface area (TPSA) is 75.0 Å². The maximum Gasteiger partial charge on any atom is 0.276 e. The van der Waals surface area contributed by atoms with Gasteiger partial charge < -0.3 is 14.2 Å². The van der Waals surface area contributed by atoms with Crippen molar-refractivity contribution in [3.05, 3.63) is 61.9 Å². The molecule has 4 rings (SSSR count). The Morgan fingerprint density at radius 1 is 1.03 bits per heavy atom. The molecule has 0 aliphatic heterocycles. The van der Waals surface area contributed by atoms with Crippen LogP contribution < -0.4 is 24.3 Å². The lowest BCUT2D eigenvalue weighted by molar-refractivity contribution is 0.324. The summed E-state index contributed by atoms with van der Waals surface area (Å²) >= 11 is 7.52. The first kappa shape index (κ1) is 19.2. The van der Waals surface area contributed by atoms with Gasteiger partial charge in [-0.05, 0) is 35.9 Å². The van der Waals surface area contributed by atoms with Crippen molar-refractivity contribution in [1.82, 2.24) is 14.6 Å². The molecule has 0 saturated heterocycles. The molecule has 0 fully saturated rings. The smallest absolute Gasteiger partial charge is 0.276 e. The van der Waals surface area contributed by atoms with Gasteiger partial charge in [0.05, 0.1) is 30.9 Å². The first-order valence-corrected chi connectivity index (χ1v) is 9.71. The molecule has 0 saturated carbocycles. The second-order valence-corrected chi connectivity index (χ2v) is 7.41. The summed E-state index contributed by atoms with van der Waals surface area (Å²) in [5.74, 6) is 1.91. The number of halogens is 1. The van der Waals surface area contributed by atoms with E-state index in [9.17, 15) is 4.79 Å². The van der Waals surface area contributed by atoms with E-state index in [1.807, 2.05) is 12.1 Å². The van der Waals surface area contributed by atoms with E-state index in [-0.39, 0.29) is 5.56 Å². The van der Waals surface area contributed by atoms with Gasteiger partial charge in [-0.25, -0.2) is 4.40 Å². The van der Waals surface area contributed by atoms with Crippen LogP contribution in [0.15, 0.2) is 41.2 Å². The fraction of sp³-hybridized carbons (Fsp3) is 0.150. The Kier molecular flexibility index (Phi) is 5.12. The minimum absolute atomic E-state index is 0.223. The average Bonchev–Trinajstić information content (AvgIpc) is 3.28. The van der Waals surface area contributed by atoms with Gasteiger partial charge in [0.15, 0.2) is 17.3 Å². The zero-order chi connectivity index (χ0) is 20.5. The molecule has 0 aliphatic carbocycles. The summed E-state index contributed by atoms with van der Waals surface area (Å²) in [6.45, 7) is 0. The summed E-state index contributed by atoms with van der Waals surface area (Å²) in [6.07, 6.45) is 1.75. The molecule has 2 aromatic carbocycles. The Hall–Kier alpha value is -3.10. The number of nitrogens with zero attached hydrogens (tertiary/aromatic N) is 3. The van der Waals surface area contributed by atoms with E-state index in [1.165, 1.54) is 22.8 Å². The molecular weight excluding hydrogens is 414 g/mol. The summed E-state index contributed by atoms with van der Waals surface area (Å²) in [5, 5.41) is 8.78. The van der Waals surface area contributed by atoms with Crippen LogP contribution in [-0.2, 0) is 0 Å². The molecule has 29 heavy (non-hydrogen) atoms. The van der Waals surface area contributed by atoms with Gasteiger partial charge in [-0.1, -0.05) is 35.1 Å². The Labute approximate surface area is 174 Å². The number of hydrogen-bond acceptors (Lipinski definition) is 7. The van der Waals surface area contributed by atoms with Crippen LogP contribution >= 0.6 is 22.9 Å². The molecule has 0 spiro atoms. The lowest BCUT2D eigenvalue weighted by atomic mass is 10.1. The lowest BCUT2D eigenvalue weighted by Crippen LogP contribution is -2.23. The maximum absolute atomic E-state index is 13.1. The number of fused-ring (bicyclic) bond motifs is 1. The Morgan fingerprint density at radius 3 is 2.34 bits per heavy atom. The second-order valence-electron chi connectivity index (χ2n) is 6.00. The Bertz CT molecular complexity index is 1290. The molecule has 0 bridgehead atoms. The fourth-order valence-corrected chi connectivity index (χ4v) is 4.15. The summed E-state index contributed by atoms with van der Waals surface area (Å²) in [4.78, 5) is 13.6. The van der Waals surface area contributed by atoms with Crippen LogP contribution in [0.4, 0.5) is 0 Å². The molecule has 0 aliphatic rings. The van der Waals surface area contributed by atoms with Crippen LogP contribution in [0.1, 0.15) is 5.56 Å². The van der Waals surface area contributed by atoms with Crippen LogP contribution in [0, 0.1) is 0 Å². The average molecular weight is 430 g/mol. The zero-order valence-corrected chi connectivity index (χ0v) is 17.4. The van der Waals surface area contributed by atoms with E-state index in [2.05, 4.69) is 10.2 Å². The number of rotatable bonds is 5. The van der Waals surface area contributed by atoms with Crippen LogP contribution in [0.3, 0.4) is 0 Å². The van der Waals surface area contributed by atoms with E-state index in [0.717, 1.165) is 5.56 Å². The molecule has 2 aromatic heterocycles. The van der Waals surface area contributed by atoms with Gasteiger partial charge in [0.25, 0.3) is 5.56 Å². The Morgan fingerprint density at radius 2 is 1.72 bits per heavy atom. The van der Waals surface area contributed by atoms with Crippen molar-refractivity contribution in [2.45, 2.75) is 0 Å². The molecule has 2 heterocycles. The van der Waals surface area contributed by atoms with Gasteiger partial charge in [-0.2, -0.15) is 0 Å². The van der Waals surface area contributed by atoms with Crippen LogP contribution in [0.5, 0.6) is 17.2 Å². The van der Waals surface area contributed by atoms with Gasteiger partial charge in [-0.3, -0.25) is 4.79 Å². The highest BCUT2D eigenvalue weighted by molar-refractivity contribution is 7.15.